The molecular weight excluding hydrogens is 494 g/mol. The Kier molecular flexibility index (Phi) is 14.1. The highest BCUT2D eigenvalue weighted by Crippen LogP contribution is 2.37. The van der Waals surface area contributed by atoms with Gasteiger partial charge in [-0.05, 0) is 82.8 Å². The lowest BCUT2D eigenvalue weighted by molar-refractivity contribution is -0.136. The average Bonchev–Trinajstić information content (AvgIpc) is 3.27. The highest BCUT2D eigenvalue weighted by atomic mass is 31.1. The van der Waals surface area contributed by atoms with Crippen LogP contribution in [0.2, 0.25) is 0 Å². The van der Waals surface area contributed by atoms with Crippen LogP contribution < -0.4 is 5.32 Å². The van der Waals surface area contributed by atoms with Gasteiger partial charge in [0.15, 0.2) is 0 Å². The van der Waals surface area contributed by atoms with Crippen LogP contribution >= 0.6 is 8.73 Å². The summed E-state index contributed by atoms with van der Waals surface area (Å²) in [6.45, 7) is 26.2. The Balaban J connectivity index is 0.000000471. The van der Waals surface area contributed by atoms with E-state index in [1.165, 1.54) is 11.8 Å². The maximum absolute atomic E-state index is 13.3. The van der Waals surface area contributed by atoms with Crippen LogP contribution in [-0.2, 0) is 11.3 Å². The number of nitrogens with one attached hydrogen (secondary N) is 1. The first-order valence-corrected chi connectivity index (χ1v) is 13.7. The first-order valence-electron chi connectivity index (χ1n) is 12.5. The highest BCUT2D eigenvalue weighted by Gasteiger charge is 2.16. The summed E-state index contributed by atoms with van der Waals surface area (Å²) in [4.78, 5) is 10.4. The molecule has 1 aromatic rings. The molecule has 0 amide bonds. The number of carboxylic acid groups (broad SMARTS) is 1. The topological polar surface area (TPSA) is 52.6 Å². The molecule has 204 valence electrons. The van der Waals surface area contributed by atoms with E-state index in [1.54, 1.807) is 19.1 Å². The summed E-state index contributed by atoms with van der Waals surface area (Å²) < 4.78 is 15.6. The van der Waals surface area contributed by atoms with Crippen molar-refractivity contribution in [3.8, 4) is 0 Å². The van der Waals surface area contributed by atoms with E-state index in [-0.39, 0.29) is 12.2 Å². The number of carbonyl (C=O) groups is 1. The zero-order valence-electron chi connectivity index (χ0n) is 23.5. The predicted molar refractivity (Wildman–Crippen MR) is 163 cm³/mol. The smallest absolute Gasteiger partial charge is 0.307 e. The largest absolute Gasteiger partial charge is 0.481 e. The zero-order valence-corrected chi connectivity index (χ0v) is 24.5. The molecule has 6 heteroatoms. The molecule has 0 bridgehead atoms. The average molecular weight is 537 g/mol. The zero-order chi connectivity index (χ0) is 28.8. The molecule has 1 heterocycles. The molecule has 1 aromatic carbocycles. The summed E-state index contributed by atoms with van der Waals surface area (Å²) in [6, 6.07) is 5.11. The maximum Gasteiger partial charge on any atom is 0.307 e. The van der Waals surface area contributed by atoms with Gasteiger partial charge in [0.1, 0.15) is 5.82 Å². The van der Waals surface area contributed by atoms with Crippen molar-refractivity contribution in [2.75, 3.05) is 6.16 Å². The number of hydrogen-bond donors (Lipinski definition) is 2. The van der Waals surface area contributed by atoms with E-state index in [4.69, 9.17) is 5.11 Å². The quantitative estimate of drug-likeness (QED) is 0.208. The van der Waals surface area contributed by atoms with Crippen LogP contribution in [0.3, 0.4) is 0 Å². The second-order valence-electron chi connectivity index (χ2n) is 9.19. The minimum atomic E-state index is -0.789. The summed E-state index contributed by atoms with van der Waals surface area (Å²) in [6.07, 6.45) is 11.8. The molecule has 2 N–H and O–H groups in total. The van der Waals surface area contributed by atoms with Gasteiger partial charge in [0, 0.05) is 29.8 Å². The van der Waals surface area contributed by atoms with Crippen LogP contribution in [0.4, 0.5) is 4.39 Å². The molecular formula is C32H42FN2O2P. The third-order valence-corrected chi connectivity index (χ3v) is 7.00. The van der Waals surface area contributed by atoms with Crippen molar-refractivity contribution in [1.29, 1.82) is 0 Å². The Hall–Kier alpha value is -3.43. The number of allylic oxidation sites excluding steroid dienone is 8. The molecule has 1 aliphatic rings. The minimum Gasteiger partial charge on any atom is -0.481 e. The number of halogens is 1. The van der Waals surface area contributed by atoms with Gasteiger partial charge in [-0.2, -0.15) is 0 Å². The molecule has 0 spiro atoms. The SMILES string of the molecule is C=C(/C=C(/C(=C)C)N1PCC=C1C)C(=C)NCc1ccc(F)c(C)c1.C=C/C=C(\C=C(\C)CC(=O)O)CC. The van der Waals surface area contributed by atoms with Gasteiger partial charge in [-0.1, -0.05) is 75.2 Å². The van der Waals surface area contributed by atoms with Crippen molar-refractivity contribution in [1.82, 2.24) is 9.99 Å². The second kappa shape index (κ2) is 16.4. The van der Waals surface area contributed by atoms with E-state index in [9.17, 15) is 9.18 Å². The van der Waals surface area contributed by atoms with Crippen LogP contribution in [0.5, 0.6) is 0 Å². The Labute approximate surface area is 230 Å². The number of nitrogens with zero attached hydrogens (tertiary/aromatic N) is 1. The Morgan fingerprint density at radius 3 is 2.39 bits per heavy atom. The van der Waals surface area contributed by atoms with Crippen LogP contribution in [0.1, 0.15) is 51.7 Å². The first-order chi connectivity index (χ1) is 17.9. The molecule has 38 heavy (non-hydrogen) atoms. The lowest BCUT2D eigenvalue weighted by Gasteiger charge is -2.24. The molecule has 0 radical (unpaired) electrons. The molecule has 2 rings (SSSR count). The maximum atomic E-state index is 13.3. The summed E-state index contributed by atoms with van der Waals surface area (Å²) in [5.41, 5.74) is 8.53. The van der Waals surface area contributed by atoms with Gasteiger partial charge in [-0.3, -0.25) is 4.79 Å². The van der Waals surface area contributed by atoms with Crippen molar-refractivity contribution < 1.29 is 14.3 Å². The van der Waals surface area contributed by atoms with Crippen molar-refractivity contribution in [3.63, 3.8) is 0 Å². The van der Waals surface area contributed by atoms with Crippen molar-refractivity contribution >= 4 is 14.7 Å². The molecule has 0 saturated carbocycles. The third-order valence-electron chi connectivity index (χ3n) is 5.71. The third kappa shape index (κ3) is 11.3. The molecule has 0 saturated heterocycles. The fraction of sp³-hybridized carbons (Fsp3) is 0.281. The lowest BCUT2D eigenvalue weighted by Crippen LogP contribution is -2.14. The second-order valence-corrected chi connectivity index (χ2v) is 10.4. The van der Waals surface area contributed by atoms with Crippen LogP contribution in [0, 0.1) is 12.7 Å². The van der Waals surface area contributed by atoms with Crippen LogP contribution in [-0.4, -0.2) is 21.9 Å². The number of benzene rings is 1. The fourth-order valence-electron chi connectivity index (χ4n) is 3.57. The number of aryl methyl sites for hydroxylation is 1. The number of aliphatic carboxylic acids is 1. The number of rotatable bonds is 12. The summed E-state index contributed by atoms with van der Waals surface area (Å²) in [5.74, 6) is -0.973. The van der Waals surface area contributed by atoms with Crippen molar-refractivity contribution in [2.45, 2.75) is 54.0 Å². The molecule has 0 aliphatic carbocycles. The molecule has 1 aliphatic heterocycles. The van der Waals surface area contributed by atoms with Crippen molar-refractivity contribution in [2.24, 2.45) is 0 Å². The summed E-state index contributed by atoms with van der Waals surface area (Å²) >= 11 is 0. The van der Waals surface area contributed by atoms with Gasteiger partial charge < -0.3 is 15.1 Å². The molecule has 0 aromatic heterocycles. The van der Waals surface area contributed by atoms with Crippen LogP contribution in [0.15, 0.2) is 114 Å². The number of carboxylic acids is 1. The minimum absolute atomic E-state index is 0.106. The van der Waals surface area contributed by atoms with Gasteiger partial charge in [0.2, 0.25) is 0 Å². The summed E-state index contributed by atoms with van der Waals surface area (Å²) in [5, 5.41) is 11.8. The monoisotopic (exact) mass is 536 g/mol. The van der Waals surface area contributed by atoms with E-state index >= 15 is 0 Å². The molecule has 1 atom stereocenters. The van der Waals surface area contributed by atoms with E-state index in [2.05, 4.69) is 49.3 Å². The highest BCUT2D eigenvalue weighted by molar-refractivity contribution is 7.36. The molecule has 1 unspecified atom stereocenters. The Bertz CT molecular complexity index is 1190. The van der Waals surface area contributed by atoms with Gasteiger partial charge in [0.05, 0.1) is 6.42 Å². The lowest BCUT2D eigenvalue weighted by atomic mass is 10.1. The van der Waals surface area contributed by atoms with E-state index < -0.39 is 5.97 Å². The van der Waals surface area contributed by atoms with Gasteiger partial charge in [-0.15, -0.1) is 0 Å². The summed E-state index contributed by atoms with van der Waals surface area (Å²) in [7, 11) is 0.707. The van der Waals surface area contributed by atoms with Crippen molar-refractivity contribution in [3.05, 3.63) is 131 Å². The van der Waals surface area contributed by atoms with E-state index in [0.717, 1.165) is 51.8 Å². The Morgan fingerprint density at radius 1 is 1.21 bits per heavy atom. The van der Waals surface area contributed by atoms with Gasteiger partial charge in [-0.25, -0.2) is 4.39 Å². The normalized spacial score (nSPS) is 14.4. The van der Waals surface area contributed by atoms with Gasteiger partial charge >= 0.3 is 5.97 Å². The van der Waals surface area contributed by atoms with Gasteiger partial charge in [0.25, 0.3) is 0 Å². The van der Waals surface area contributed by atoms with E-state index in [1.807, 2.05) is 45.1 Å². The molecule has 0 fully saturated rings. The molecule has 4 nitrogen and oxygen atoms in total. The fourth-order valence-corrected chi connectivity index (χ4v) is 4.91. The number of hydrogen-bond acceptors (Lipinski definition) is 3. The standard InChI is InChI=1S/C21H26FN2P.C11H16O2/c1-14(2)21(24-17(5)9-10-25-24)12-15(3)18(6)23-13-19-7-8-20(22)16(4)11-19;1-4-6-10(5-2)7-9(3)8-11(12)13/h7-9,11-12,23,25H,1,3,6,10,13H2,2,4-5H3;4,6-7H,1,5,8H2,2-3H3,(H,12,13)/b21-12-;9-7-,10-6-. The van der Waals surface area contributed by atoms with Crippen LogP contribution in [0.25, 0.3) is 0 Å². The Morgan fingerprint density at radius 2 is 1.89 bits per heavy atom. The van der Waals surface area contributed by atoms with E-state index in [0.29, 0.717) is 20.8 Å². The predicted octanol–water partition coefficient (Wildman–Crippen LogP) is 8.50. The first kappa shape index (κ1) is 32.6.